The zero-order valence-electron chi connectivity index (χ0n) is 10.1. The summed E-state index contributed by atoms with van der Waals surface area (Å²) in [4.78, 5) is 13.0. The maximum absolute atomic E-state index is 5.92. The number of pyridine rings is 1. The fourth-order valence-corrected chi connectivity index (χ4v) is 1.70. The zero-order chi connectivity index (χ0) is 12.3. The molecule has 17 heavy (non-hydrogen) atoms. The van der Waals surface area contributed by atoms with E-state index in [4.69, 9.17) is 5.73 Å². The highest BCUT2D eigenvalue weighted by Crippen LogP contribution is 2.23. The minimum Gasteiger partial charge on any atom is -0.383 e. The molecule has 2 heterocycles. The van der Waals surface area contributed by atoms with E-state index in [0.29, 0.717) is 5.82 Å². The Balaban J connectivity index is 2.53. The molecule has 4 nitrogen and oxygen atoms in total. The lowest BCUT2D eigenvalue weighted by atomic mass is 10.1. The van der Waals surface area contributed by atoms with E-state index in [2.05, 4.69) is 21.9 Å². The van der Waals surface area contributed by atoms with Gasteiger partial charge in [-0.15, -0.1) is 0 Å². The number of nitrogens with two attached hydrogens (primary N) is 1. The third-order valence-electron chi connectivity index (χ3n) is 2.64. The number of aromatic nitrogens is 3. The molecule has 0 aromatic carbocycles. The van der Waals surface area contributed by atoms with Crippen molar-refractivity contribution in [3.05, 3.63) is 35.9 Å². The van der Waals surface area contributed by atoms with Crippen molar-refractivity contribution in [3.8, 4) is 11.3 Å². The summed E-state index contributed by atoms with van der Waals surface area (Å²) in [6.45, 7) is 4.04. The predicted octanol–water partition coefficient (Wildman–Crippen LogP) is 2.38. The molecule has 0 unspecified atom stereocenters. The minimum absolute atomic E-state index is 0.558. The van der Waals surface area contributed by atoms with Gasteiger partial charge in [0, 0.05) is 29.9 Å². The summed E-state index contributed by atoms with van der Waals surface area (Å²) < 4.78 is 0. The second-order valence-corrected chi connectivity index (χ2v) is 3.99. The fraction of sp³-hybridized carbons (Fsp3) is 0.308. The molecule has 88 valence electrons. The van der Waals surface area contributed by atoms with Gasteiger partial charge in [-0.2, -0.15) is 0 Å². The van der Waals surface area contributed by atoms with Crippen molar-refractivity contribution in [1.82, 2.24) is 15.0 Å². The summed E-state index contributed by atoms with van der Waals surface area (Å²) in [5, 5.41) is 0. The van der Waals surface area contributed by atoms with Gasteiger partial charge in [-0.25, -0.2) is 9.97 Å². The number of nitrogen functional groups attached to an aromatic ring is 1. The molecule has 0 radical (unpaired) electrons. The molecule has 2 rings (SSSR count). The Hall–Kier alpha value is -1.97. The number of hydrogen-bond donors (Lipinski definition) is 1. The van der Waals surface area contributed by atoms with E-state index in [1.165, 1.54) is 0 Å². The van der Waals surface area contributed by atoms with E-state index >= 15 is 0 Å². The molecule has 0 aliphatic heterocycles. The molecule has 0 saturated carbocycles. The molecule has 0 amide bonds. The first kappa shape index (κ1) is 11.5. The third kappa shape index (κ3) is 2.41. The Morgan fingerprint density at radius 3 is 2.76 bits per heavy atom. The summed E-state index contributed by atoms with van der Waals surface area (Å²) in [5.41, 5.74) is 8.70. The van der Waals surface area contributed by atoms with Crippen LogP contribution >= 0.6 is 0 Å². The Bertz CT molecular complexity index is 508. The van der Waals surface area contributed by atoms with Crippen molar-refractivity contribution in [1.29, 1.82) is 0 Å². The Morgan fingerprint density at radius 2 is 2.12 bits per heavy atom. The quantitative estimate of drug-likeness (QED) is 0.876. The summed E-state index contributed by atoms with van der Waals surface area (Å²) in [7, 11) is 0. The largest absolute Gasteiger partial charge is 0.383 e. The molecular formula is C13H16N4. The van der Waals surface area contributed by atoms with Gasteiger partial charge in [-0.1, -0.05) is 6.92 Å². The highest BCUT2D eigenvalue weighted by molar-refractivity contribution is 5.66. The van der Waals surface area contributed by atoms with E-state index in [0.717, 1.165) is 35.5 Å². The lowest BCUT2D eigenvalue weighted by Gasteiger charge is -2.09. The molecule has 2 aromatic heterocycles. The second kappa shape index (κ2) is 4.91. The smallest absolute Gasteiger partial charge is 0.131 e. The topological polar surface area (TPSA) is 64.7 Å². The van der Waals surface area contributed by atoms with E-state index < -0.39 is 0 Å². The standard InChI is InChI=1S/C13H16N4/c1-3-5-11-16-12(9(2)13(14)17-11)10-6-4-7-15-8-10/h4,6-8H,3,5H2,1-2H3,(H2,14,16,17). The normalized spacial score (nSPS) is 10.5. The second-order valence-electron chi connectivity index (χ2n) is 3.99. The molecule has 4 heteroatoms. The molecule has 2 N–H and O–H groups in total. The van der Waals surface area contributed by atoms with Crippen LogP contribution in [0.4, 0.5) is 5.82 Å². The van der Waals surface area contributed by atoms with Crippen LogP contribution in [0.3, 0.4) is 0 Å². The van der Waals surface area contributed by atoms with Crippen molar-refractivity contribution in [2.24, 2.45) is 0 Å². The lowest BCUT2D eigenvalue weighted by Crippen LogP contribution is -2.04. The van der Waals surface area contributed by atoms with Crippen LogP contribution in [-0.4, -0.2) is 15.0 Å². The molecule has 0 fully saturated rings. The molecule has 0 spiro atoms. The van der Waals surface area contributed by atoms with E-state index in [9.17, 15) is 0 Å². The molecular weight excluding hydrogens is 212 g/mol. The monoisotopic (exact) mass is 228 g/mol. The highest BCUT2D eigenvalue weighted by atomic mass is 15.0. The van der Waals surface area contributed by atoms with Crippen molar-refractivity contribution in [2.75, 3.05) is 5.73 Å². The molecule has 0 atom stereocenters. The predicted molar refractivity (Wildman–Crippen MR) is 68.4 cm³/mol. The van der Waals surface area contributed by atoms with Gasteiger partial charge in [0.2, 0.25) is 0 Å². The van der Waals surface area contributed by atoms with Crippen LogP contribution in [0, 0.1) is 6.92 Å². The summed E-state index contributed by atoms with van der Waals surface area (Å²) >= 11 is 0. The molecule has 0 bridgehead atoms. The maximum atomic E-state index is 5.92. The third-order valence-corrected chi connectivity index (χ3v) is 2.64. The Labute approximate surface area is 101 Å². The van der Waals surface area contributed by atoms with Gasteiger partial charge < -0.3 is 5.73 Å². The van der Waals surface area contributed by atoms with Crippen LogP contribution in [0.25, 0.3) is 11.3 Å². The summed E-state index contributed by atoms with van der Waals surface area (Å²) in [6, 6.07) is 3.88. The van der Waals surface area contributed by atoms with Gasteiger partial charge in [0.1, 0.15) is 11.6 Å². The van der Waals surface area contributed by atoms with Gasteiger partial charge in [0.05, 0.1) is 5.69 Å². The van der Waals surface area contributed by atoms with Crippen molar-refractivity contribution < 1.29 is 0 Å². The number of anilines is 1. The van der Waals surface area contributed by atoms with Gasteiger partial charge in [-0.05, 0) is 25.5 Å². The SMILES string of the molecule is CCCc1nc(N)c(C)c(-c2cccnc2)n1. The van der Waals surface area contributed by atoms with Crippen molar-refractivity contribution in [2.45, 2.75) is 26.7 Å². The maximum Gasteiger partial charge on any atom is 0.131 e. The Kier molecular flexibility index (Phi) is 3.32. The van der Waals surface area contributed by atoms with E-state index in [1.54, 1.807) is 12.4 Å². The molecule has 2 aromatic rings. The average Bonchev–Trinajstić information content (AvgIpc) is 2.35. The number of hydrogen-bond acceptors (Lipinski definition) is 4. The Morgan fingerprint density at radius 1 is 1.29 bits per heavy atom. The first-order valence-corrected chi connectivity index (χ1v) is 5.75. The van der Waals surface area contributed by atoms with Gasteiger partial charge in [0.15, 0.2) is 0 Å². The van der Waals surface area contributed by atoms with Crippen LogP contribution in [0.15, 0.2) is 24.5 Å². The summed E-state index contributed by atoms with van der Waals surface area (Å²) in [6.07, 6.45) is 5.40. The van der Waals surface area contributed by atoms with Crippen LogP contribution < -0.4 is 5.73 Å². The van der Waals surface area contributed by atoms with Crippen molar-refractivity contribution >= 4 is 5.82 Å². The van der Waals surface area contributed by atoms with Crippen LogP contribution in [-0.2, 0) is 6.42 Å². The highest BCUT2D eigenvalue weighted by Gasteiger charge is 2.10. The van der Waals surface area contributed by atoms with Gasteiger partial charge >= 0.3 is 0 Å². The number of aryl methyl sites for hydroxylation is 1. The molecule has 0 aliphatic rings. The first-order valence-electron chi connectivity index (χ1n) is 5.75. The lowest BCUT2D eigenvalue weighted by molar-refractivity contribution is 0.836. The summed E-state index contributed by atoms with van der Waals surface area (Å²) in [5.74, 6) is 1.36. The minimum atomic E-state index is 0.558. The van der Waals surface area contributed by atoms with Gasteiger partial charge in [-0.3, -0.25) is 4.98 Å². The first-order chi connectivity index (χ1) is 8.22. The van der Waals surface area contributed by atoms with Crippen LogP contribution in [0.1, 0.15) is 24.7 Å². The number of nitrogens with zero attached hydrogens (tertiary/aromatic N) is 3. The number of rotatable bonds is 3. The van der Waals surface area contributed by atoms with Crippen molar-refractivity contribution in [3.63, 3.8) is 0 Å². The average molecular weight is 228 g/mol. The molecule has 0 aliphatic carbocycles. The van der Waals surface area contributed by atoms with Crippen LogP contribution in [0.2, 0.25) is 0 Å². The van der Waals surface area contributed by atoms with Gasteiger partial charge in [0.25, 0.3) is 0 Å². The van der Waals surface area contributed by atoms with E-state index in [1.807, 2.05) is 19.1 Å². The van der Waals surface area contributed by atoms with E-state index in [-0.39, 0.29) is 0 Å². The zero-order valence-corrected chi connectivity index (χ0v) is 10.1. The fourth-order valence-electron chi connectivity index (χ4n) is 1.70. The van der Waals surface area contributed by atoms with Crippen LogP contribution in [0.5, 0.6) is 0 Å². The molecule has 0 saturated heterocycles.